The molecular weight excluding hydrogens is 241 g/mol. The Bertz CT molecular complexity index is 416. The summed E-state index contributed by atoms with van der Waals surface area (Å²) in [6, 6.07) is 4.01. The molecule has 1 aromatic rings. The van der Waals surface area contributed by atoms with Crippen LogP contribution < -0.4 is 5.73 Å². The molecule has 94 valence electrons. The minimum absolute atomic E-state index is 0.0781. The quantitative estimate of drug-likeness (QED) is 0.881. The van der Waals surface area contributed by atoms with Crippen LogP contribution in [0.25, 0.3) is 0 Å². The number of ketones is 1. The fourth-order valence-electron chi connectivity index (χ4n) is 1.67. The first kappa shape index (κ1) is 14.1. The summed E-state index contributed by atoms with van der Waals surface area (Å²) in [7, 11) is 0. The number of hydrogen-bond donors (Lipinski definition) is 1. The van der Waals surface area contributed by atoms with Crippen molar-refractivity contribution in [3.63, 3.8) is 0 Å². The van der Waals surface area contributed by atoms with Crippen LogP contribution in [-0.4, -0.2) is 11.3 Å². The molecule has 0 heterocycles. The Morgan fingerprint density at radius 3 is 2.53 bits per heavy atom. The van der Waals surface area contributed by atoms with Gasteiger partial charge in [0, 0.05) is 11.4 Å². The highest BCUT2D eigenvalue weighted by atomic mass is 35.5. The highest BCUT2D eigenvalue weighted by molar-refractivity contribution is 6.31. The molecule has 0 bridgehead atoms. The van der Waals surface area contributed by atoms with Crippen molar-refractivity contribution in [3.05, 3.63) is 34.6 Å². The lowest BCUT2D eigenvalue weighted by Gasteiger charge is -2.25. The smallest absolute Gasteiger partial charge is 0.157 e. The van der Waals surface area contributed by atoms with Gasteiger partial charge >= 0.3 is 0 Å². The summed E-state index contributed by atoms with van der Waals surface area (Å²) in [6.07, 6.45) is 1.21. The number of carbonyl (C=O) groups excluding carboxylic acids is 1. The SMILES string of the molecule is CCC(N)(CC)C(=O)Cc1cc(F)ccc1Cl. The van der Waals surface area contributed by atoms with Crippen LogP contribution in [0, 0.1) is 5.82 Å². The maximum absolute atomic E-state index is 13.1. The minimum atomic E-state index is -0.838. The standard InChI is InChI=1S/C13H17ClFNO/c1-3-13(16,4-2)12(17)8-9-7-10(15)5-6-11(9)14/h5-7H,3-4,8,16H2,1-2H3. The second-order valence-corrected chi connectivity index (χ2v) is 4.61. The van der Waals surface area contributed by atoms with Gasteiger partial charge in [0.15, 0.2) is 5.78 Å². The molecule has 0 unspecified atom stereocenters. The second-order valence-electron chi connectivity index (χ2n) is 4.20. The van der Waals surface area contributed by atoms with Crippen molar-refractivity contribution in [2.75, 3.05) is 0 Å². The third-order valence-electron chi connectivity index (χ3n) is 3.18. The average molecular weight is 258 g/mol. The van der Waals surface area contributed by atoms with Gasteiger partial charge in [-0.1, -0.05) is 25.4 Å². The molecule has 0 aliphatic carbocycles. The molecule has 0 aromatic heterocycles. The maximum atomic E-state index is 13.1. The predicted octanol–water partition coefficient (Wildman–Crippen LogP) is 3.11. The summed E-state index contributed by atoms with van der Waals surface area (Å²) in [5.74, 6) is -0.497. The van der Waals surface area contributed by atoms with Gasteiger partial charge in [-0.05, 0) is 36.6 Å². The van der Waals surface area contributed by atoms with Crippen LogP contribution in [0.5, 0.6) is 0 Å². The molecule has 0 radical (unpaired) electrons. The molecule has 0 aliphatic heterocycles. The highest BCUT2D eigenvalue weighted by Crippen LogP contribution is 2.21. The lowest BCUT2D eigenvalue weighted by atomic mass is 9.86. The molecule has 0 spiro atoms. The molecule has 17 heavy (non-hydrogen) atoms. The molecule has 0 fully saturated rings. The summed E-state index contributed by atoms with van der Waals surface area (Å²) in [5.41, 5.74) is 5.65. The average Bonchev–Trinajstić information content (AvgIpc) is 2.32. The van der Waals surface area contributed by atoms with Gasteiger partial charge in [0.05, 0.1) is 5.54 Å². The Balaban J connectivity index is 2.91. The number of nitrogens with two attached hydrogens (primary N) is 1. The zero-order valence-corrected chi connectivity index (χ0v) is 10.9. The Kier molecular flexibility index (Phi) is 4.66. The number of halogens is 2. The van der Waals surface area contributed by atoms with E-state index in [1.54, 1.807) is 0 Å². The van der Waals surface area contributed by atoms with E-state index >= 15 is 0 Å². The number of benzene rings is 1. The van der Waals surface area contributed by atoms with Crippen LogP contribution >= 0.6 is 11.6 Å². The molecule has 0 atom stereocenters. The molecule has 4 heteroatoms. The molecule has 0 saturated heterocycles. The molecular formula is C13H17ClFNO. The van der Waals surface area contributed by atoms with Gasteiger partial charge in [0.2, 0.25) is 0 Å². The first-order chi connectivity index (χ1) is 7.92. The summed E-state index contributed by atoms with van der Waals surface area (Å²) >= 11 is 5.92. The summed E-state index contributed by atoms with van der Waals surface area (Å²) < 4.78 is 13.1. The minimum Gasteiger partial charge on any atom is -0.319 e. The number of hydrogen-bond acceptors (Lipinski definition) is 2. The lowest BCUT2D eigenvalue weighted by molar-refractivity contribution is -0.123. The van der Waals surface area contributed by atoms with Crippen LogP contribution in [0.2, 0.25) is 5.02 Å². The first-order valence-electron chi connectivity index (χ1n) is 5.69. The van der Waals surface area contributed by atoms with Gasteiger partial charge in [0.25, 0.3) is 0 Å². The summed E-state index contributed by atoms with van der Waals surface area (Å²) in [5, 5.41) is 0.398. The van der Waals surface area contributed by atoms with E-state index < -0.39 is 11.4 Å². The zero-order chi connectivity index (χ0) is 13.1. The summed E-state index contributed by atoms with van der Waals surface area (Å²) in [4.78, 5) is 12.1. The van der Waals surface area contributed by atoms with Gasteiger partial charge in [-0.2, -0.15) is 0 Å². The van der Waals surface area contributed by atoms with Gasteiger partial charge in [0.1, 0.15) is 5.82 Å². The van der Waals surface area contributed by atoms with E-state index in [0.717, 1.165) is 0 Å². The third kappa shape index (κ3) is 3.27. The van der Waals surface area contributed by atoms with Crippen molar-refractivity contribution in [1.82, 2.24) is 0 Å². The molecule has 0 saturated carbocycles. The Morgan fingerprint density at radius 1 is 1.41 bits per heavy atom. The molecule has 1 rings (SSSR count). The topological polar surface area (TPSA) is 43.1 Å². The van der Waals surface area contributed by atoms with E-state index in [2.05, 4.69) is 0 Å². The molecule has 0 aliphatic rings. The van der Waals surface area contributed by atoms with Crippen LogP contribution in [0.3, 0.4) is 0 Å². The Hall–Kier alpha value is -0.930. The Morgan fingerprint density at radius 2 is 2.00 bits per heavy atom. The van der Waals surface area contributed by atoms with Crippen LogP contribution in [0.1, 0.15) is 32.3 Å². The predicted molar refractivity (Wildman–Crippen MR) is 67.6 cm³/mol. The van der Waals surface area contributed by atoms with Crippen molar-refractivity contribution in [2.24, 2.45) is 5.73 Å². The van der Waals surface area contributed by atoms with Gasteiger partial charge < -0.3 is 5.73 Å². The van der Waals surface area contributed by atoms with Crippen LogP contribution in [-0.2, 0) is 11.2 Å². The fraction of sp³-hybridized carbons (Fsp3) is 0.462. The maximum Gasteiger partial charge on any atom is 0.157 e. The van der Waals surface area contributed by atoms with Crippen molar-refractivity contribution >= 4 is 17.4 Å². The molecule has 0 amide bonds. The van der Waals surface area contributed by atoms with E-state index in [-0.39, 0.29) is 12.2 Å². The van der Waals surface area contributed by atoms with E-state index in [1.807, 2.05) is 13.8 Å². The monoisotopic (exact) mass is 257 g/mol. The van der Waals surface area contributed by atoms with Gasteiger partial charge in [-0.15, -0.1) is 0 Å². The van der Waals surface area contributed by atoms with E-state index in [0.29, 0.717) is 23.4 Å². The molecule has 1 aromatic carbocycles. The van der Waals surface area contributed by atoms with E-state index in [1.165, 1.54) is 18.2 Å². The number of rotatable bonds is 5. The van der Waals surface area contributed by atoms with Crippen molar-refractivity contribution in [3.8, 4) is 0 Å². The van der Waals surface area contributed by atoms with E-state index in [9.17, 15) is 9.18 Å². The second kappa shape index (κ2) is 5.61. The number of Topliss-reactive ketones (excluding diaryl/α,β-unsaturated/α-hetero) is 1. The first-order valence-corrected chi connectivity index (χ1v) is 6.07. The van der Waals surface area contributed by atoms with Crippen LogP contribution in [0.15, 0.2) is 18.2 Å². The summed E-state index contributed by atoms with van der Waals surface area (Å²) in [6.45, 7) is 3.74. The Labute approximate surface area is 106 Å². The number of carbonyl (C=O) groups is 1. The van der Waals surface area contributed by atoms with Crippen LogP contribution in [0.4, 0.5) is 4.39 Å². The third-order valence-corrected chi connectivity index (χ3v) is 3.54. The normalized spacial score (nSPS) is 11.6. The highest BCUT2D eigenvalue weighted by Gasteiger charge is 2.29. The lowest BCUT2D eigenvalue weighted by Crippen LogP contribution is -2.47. The van der Waals surface area contributed by atoms with Gasteiger partial charge in [-0.3, -0.25) is 4.79 Å². The molecule has 2 N–H and O–H groups in total. The van der Waals surface area contributed by atoms with Crippen molar-refractivity contribution in [1.29, 1.82) is 0 Å². The largest absolute Gasteiger partial charge is 0.319 e. The zero-order valence-electron chi connectivity index (χ0n) is 10.1. The fourth-order valence-corrected chi connectivity index (χ4v) is 1.86. The van der Waals surface area contributed by atoms with Gasteiger partial charge in [-0.25, -0.2) is 4.39 Å². The van der Waals surface area contributed by atoms with Crippen molar-refractivity contribution < 1.29 is 9.18 Å². The van der Waals surface area contributed by atoms with E-state index in [4.69, 9.17) is 17.3 Å². The molecule has 2 nitrogen and oxygen atoms in total. The van der Waals surface area contributed by atoms with Crippen molar-refractivity contribution in [2.45, 2.75) is 38.6 Å².